The quantitative estimate of drug-likeness (QED) is 0.815. The molecule has 0 spiro atoms. The molecule has 4 heteroatoms. The lowest BCUT2D eigenvalue weighted by Gasteiger charge is -2.07. The van der Waals surface area contributed by atoms with Gasteiger partial charge in [-0.3, -0.25) is 9.78 Å². The van der Waals surface area contributed by atoms with E-state index >= 15 is 0 Å². The van der Waals surface area contributed by atoms with E-state index in [0.29, 0.717) is 16.8 Å². The van der Waals surface area contributed by atoms with Gasteiger partial charge >= 0.3 is 0 Å². The summed E-state index contributed by atoms with van der Waals surface area (Å²) in [5.41, 5.74) is 8.23. The highest BCUT2D eigenvalue weighted by Gasteiger charge is 2.10. The molecule has 0 radical (unpaired) electrons. The van der Waals surface area contributed by atoms with E-state index in [1.54, 1.807) is 24.5 Å². The lowest BCUT2D eigenvalue weighted by atomic mass is 10.0. The van der Waals surface area contributed by atoms with Crippen molar-refractivity contribution in [3.8, 4) is 11.8 Å². The van der Waals surface area contributed by atoms with Crippen LogP contribution in [0.3, 0.4) is 0 Å². The molecular weight excluding hydrogens is 250 g/mol. The van der Waals surface area contributed by atoms with Gasteiger partial charge in [-0.1, -0.05) is 23.5 Å². The average Bonchev–Trinajstić information content (AvgIpc) is 2.47. The summed E-state index contributed by atoms with van der Waals surface area (Å²) in [6, 6.07) is 9.11. The Labute approximate surface area is 118 Å². The van der Waals surface area contributed by atoms with Crippen LogP contribution in [0.5, 0.6) is 0 Å². The van der Waals surface area contributed by atoms with Crippen molar-refractivity contribution in [2.24, 2.45) is 5.73 Å². The number of carbonyl (C=O) groups is 1. The summed E-state index contributed by atoms with van der Waals surface area (Å²) in [5.74, 6) is 5.48. The molecule has 0 bridgehead atoms. The Kier molecular flexibility index (Phi) is 4.48. The van der Waals surface area contributed by atoms with Crippen LogP contribution in [-0.2, 0) is 0 Å². The molecule has 0 aliphatic heterocycles. The molecule has 0 fully saturated rings. The van der Waals surface area contributed by atoms with E-state index in [1.807, 2.05) is 25.1 Å². The summed E-state index contributed by atoms with van der Waals surface area (Å²) in [4.78, 5) is 16.3. The highest BCUT2D eigenvalue weighted by Crippen LogP contribution is 2.13. The molecule has 0 atom stereocenters. The van der Waals surface area contributed by atoms with E-state index in [4.69, 9.17) is 5.73 Å². The topological polar surface area (TPSA) is 68.0 Å². The van der Waals surface area contributed by atoms with Crippen LogP contribution in [0.25, 0.3) is 0 Å². The number of carbonyl (C=O) groups excluding carboxylic acids is 1. The normalized spacial score (nSPS) is 9.50. The minimum absolute atomic E-state index is 0.206. The number of nitrogens with two attached hydrogens (primary N) is 1. The van der Waals surface area contributed by atoms with E-state index < -0.39 is 0 Å². The molecule has 2 rings (SSSR count). The van der Waals surface area contributed by atoms with Gasteiger partial charge < -0.3 is 11.1 Å². The highest BCUT2D eigenvalue weighted by atomic mass is 16.1. The Hall–Kier alpha value is -2.64. The maximum absolute atomic E-state index is 12.3. The Balaban J connectivity index is 2.31. The van der Waals surface area contributed by atoms with Gasteiger partial charge in [0.1, 0.15) is 0 Å². The molecule has 1 amide bonds. The predicted molar refractivity (Wildman–Crippen MR) is 79.3 cm³/mol. The van der Waals surface area contributed by atoms with E-state index in [-0.39, 0.29) is 12.5 Å². The molecule has 1 aromatic heterocycles. The number of aryl methyl sites for hydroxylation is 1. The maximum Gasteiger partial charge on any atom is 0.256 e. The number of benzene rings is 1. The third kappa shape index (κ3) is 3.44. The lowest BCUT2D eigenvalue weighted by molar-refractivity contribution is 0.102. The number of nitrogens with one attached hydrogen (secondary N) is 1. The second-order valence-electron chi connectivity index (χ2n) is 4.25. The summed E-state index contributed by atoms with van der Waals surface area (Å²) < 4.78 is 0. The largest absolute Gasteiger partial charge is 0.321 e. The monoisotopic (exact) mass is 265 g/mol. The zero-order chi connectivity index (χ0) is 14.4. The first-order valence-corrected chi connectivity index (χ1v) is 6.21. The van der Waals surface area contributed by atoms with Crippen LogP contribution in [0.2, 0.25) is 0 Å². The van der Waals surface area contributed by atoms with Crippen LogP contribution in [0.15, 0.2) is 42.7 Å². The van der Waals surface area contributed by atoms with Gasteiger partial charge in [-0.05, 0) is 31.2 Å². The molecule has 100 valence electrons. The number of pyridine rings is 1. The fraction of sp³-hybridized carbons (Fsp3) is 0.125. The fourth-order valence-electron chi connectivity index (χ4n) is 1.74. The highest BCUT2D eigenvalue weighted by molar-refractivity contribution is 6.06. The standard InChI is InChI=1S/C16H15N3O/c1-12-6-7-13(4-2-8-17)15(10-12)16(20)19-14-5-3-9-18-11-14/h3,5-7,9-11H,8,17H2,1H3,(H,19,20). The minimum atomic E-state index is -0.206. The summed E-state index contributed by atoms with van der Waals surface area (Å²) >= 11 is 0. The fourth-order valence-corrected chi connectivity index (χ4v) is 1.74. The van der Waals surface area contributed by atoms with E-state index in [2.05, 4.69) is 22.1 Å². The number of amides is 1. The Morgan fingerprint density at radius 1 is 1.40 bits per heavy atom. The third-order valence-electron chi connectivity index (χ3n) is 2.66. The Bertz CT molecular complexity index is 669. The number of anilines is 1. The number of aromatic nitrogens is 1. The minimum Gasteiger partial charge on any atom is -0.321 e. The van der Waals surface area contributed by atoms with Gasteiger partial charge in [-0.25, -0.2) is 0 Å². The van der Waals surface area contributed by atoms with Gasteiger partial charge in [0, 0.05) is 11.8 Å². The van der Waals surface area contributed by atoms with Crippen molar-refractivity contribution in [1.29, 1.82) is 0 Å². The van der Waals surface area contributed by atoms with Crippen molar-refractivity contribution in [3.63, 3.8) is 0 Å². The van der Waals surface area contributed by atoms with Gasteiger partial charge in [-0.15, -0.1) is 0 Å². The van der Waals surface area contributed by atoms with Gasteiger partial charge in [-0.2, -0.15) is 0 Å². The number of nitrogens with zero attached hydrogens (tertiary/aromatic N) is 1. The molecule has 20 heavy (non-hydrogen) atoms. The average molecular weight is 265 g/mol. The summed E-state index contributed by atoms with van der Waals surface area (Å²) in [7, 11) is 0. The van der Waals surface area contributed by atoms with Gasteiger partial charge in [0.2, 0.25) is 0 Å². The summed E-state index contributed by atoms with van der Waals surface area (Å²) in [5, 5.41) is 2.80. The zero-order valence-electron chi connectivity index (χ0n) is 11.2. The summed E-state index contributed by atoms with van der Waals surface area (Å²) in [6.07, 6.45) is 3.25. The SMILES string of the molecule is Cc1ccc(C#CCN)c(C(=O)Nc2cccnc2)c1. The van der Waals surface area contributed by atoms with Crippen molar-refractivity contribution >= 4 is 11.6 Å². The molecule has 1 aromatic carbocycles. The van der Waals surface area contributed by atoms with Crippen molar-refractivity contribution in [2.45, 2.75) is 6.92 Å². The molecule has 0 unspecified atom stereocenters. The van der Waals surface area contributed by atoms with E-state index in [1.165, 1.54) is 0 Å². The van der Waals surface area contributed by atoms with Crippen LogP contribution < -0.4 is 11.1 Å². The summed E-state index contributed by atoms with van der Waals surface area (Å²) in [6.45, 7) is 2.19. The molecule has 2 aromatic rings. The second-order valence-corrected chi connectivity index (χ2v) is 4.25. The molecule has 0 aliphatic carbocycles. The van der Waals surface area contributed by atoms with Crippen molar-refractivity contribution in [3.05, 3.63) is 59.4 Å². The van der Waals surface area contributed by atoms with Crippen LogP contribution in [-0.4, -0.2) is 17.4 Å². The lowest BCUT2D eigenvalue weighted by Crippen LogP contribution is -2.14. The number of hydrogen-bond donors (Lipinski definition) is 2. The van der Waals surface area contributed by atoms with Crippen LogP contribution in [0, 0.1) is 18.8 Å². The van der Waals surface area contributed by atoms with Crippen molar-refractivity contribution < 1.29 is 4.79 Å². The second kappa shape index (κ2) is 6.50. The van der Waals surface area contributed by atoms with Crippen molar-refractivity contribution in [2.75, 3.05) is 11.9 Å². The van der Waals surface area contributed by atoms with Gasteiger partial charge in [0.15, 0.2) is 0 Å². The van der Waals surface area contributed by atoms with Gasteiger partial charge in [0.05, 0.1) is 24.0 Å². The Morgan fingerprint density at radius 3 is 2.95 bits per heavy atom. The first kappa shape index (κ1) is 13.8. The zero-order valence-corrected chi connectivity index (χ0v) is 11.2. The van der Waals surface area contributed by atoms with E-state index in [0.717, 1.165) is 5.56 Å². The molecule has 0 saturated heterocycles. The smallest absolute Gasteiger partial charge is 0.256 e. The Morgan fingerprint density at radius 2 is 2.25 bits per heavy atom. The molecule has 1 heterocycles. The van der Waals surface area contributed by atoms with Crippen LogP contribution in [0.4, 0.5) is 5.69 Å². The van der Waals surface area contributed by atoms with Gasteiger partial charge in [0.25, 0.3) is 5.91 Å². The number of hydrogen-bond acceptors (Lipinski definition) is 3. The molecule has 3 N–H and O–H groups in total. The molecule has 0 aliphatic rings. The van der Waals surface area contributed by atoms with Crippen molar-refractivity contribution in [1.82, 2.24) is 4.98 Å². The maximum atomic E-state index is 12.3. The number of rotatable bonds is 2. The first-order valence-electron chi connectivity index (χ1n) is 6.21. The molecule has 0 saturated carbocycles. The first-order chi connectivity index (χ1) is 9.70. The van der Waals surface area contributed by atoms with Crippen LogP contribution in [0.1, 0.15) is 21.5 Å². The van der Waals surface area contributed by atoms with Crippen LogP contribution >= 0.6 is 0 Å². The third-order valence-corrected chi connectivity index (χ3v) is 2.66. The molecular formula is C16H15N3O. The predicted octanol–water partition coefficient (Wildman–Crippen LogP) is 1.95. The molecule has 4 nitrogen and oxygen atoms in total. The van der Waals surface area contributed by atoms with E-state index in [9.17, 15) is 4.79 Å².